The van der Waals surface area contributed by atoms with Crippen LogP contribution in [0.4, 0.5) is 0 Å². The first-order valence-corrected chi connectivity index (χ1v) is 20.3. The molecule has 0 aromatic heterocycles. The molecule has 23 heteroatoms. The molecule has 1 aromatic rings. The van der Waals surface area contributed by atoms with Crippen LogP contribution in [-0.2, 0) is 54.4 Å². The van der Waals surface area contributed by atoms with Gasteiger partial charge in [-0.15, -0.1) is 0 Å². The van der Waals surface area contributed by atoms with E-state index in [9.17, 15) is 63.3 Å². The van der Waals surface area contributed by atoms with Crippen LogP contribution in [0.15, 0.2) is 24.3 Å². The fourth-order valence-corrected chi connectivity index (χ4v) is 5.73. The molecule has 23 nitrogen and oxygen atoms in total. The smallest absolute Gasteiger partial charge is 0.326 e. The Morgan fingerprint density at radius 2 is 1.08 bits per heavy atom. The van der Waals surface area contributed by atoms with Gasteiger partial charge in [0, 0.05) is 6.42 Å². The minimum absolute atomic E-state index is 0.0367. The van der Waals surface area contributed by atoms with Crippen molar-refractivity contribution in [1.82, 2.24) is 42.5 Å². The Labute approximate surface area is 364 Å². The number of amides is 8. The normalized spacial score (nSPS) is 14.9. The van der Waals surface area contributed by atoms with Gasteiger partial charge in [-0.3, -0.25) is 43.2 Å². The number of carboxylic acids is 2. The van der Waals surface area contributed by atoms with Gasteiger partial charge in [0.15, 0.2) is 0 Å². The van der Waals surface area contributed by atoms with Crippen molar-refractivity contribution in [1.29, 1.82) is 0 Å². The maximum absolute atomic E-state index is 13.5. The Bertz CT molecular complexity index is 1790. The van der Waals surface area contributed by atoms with Crippen molar-refractivity contribution in [2.75, 3.05) is 13.1 Å². The number of hydrogen-bond acceptors (Lipinski definition) is 13. The van der Waals surface area contributed by atoms with Gasteiger partial charge in [-0.25, -0.2) is 4.79 Å². The largest absolute Gasteiger partial charge is 0.508 e. The molecule has 0 aliphatic heterocycles. The second-order valence-corrected chi connectivity index (χ2v) is 16.1. The predicted molar refractivity (Wildman–Crippen MR) is 224 cm³/mol. The Balaban J connectivity index is 3.00. The van der Waals surface area contributed by atoms with Gasteiger partial charge in [0.25, 0.3) is 0 Å². The lowest BCUT2D eigenvalue weighted by molar-refractivity contribution is -0.143. The van der Waals surface area contributed by atoms with Crippen LogP contribution in [-0.4, -0.2) is 141 Å². The summed E-state index contributed by atoms with van der Waals surface area (Å²) in [5.74, 6) is -10.8. The number of phenols is 1. The molecule has 0 saturated carbocycles. The summed E-state index contributed by atoms with van der Waals surface area (Å²) in [6.45, 7) is 11.1. The van der Waals surface area contributed by atoms with Crippen molar-refractivity contribution in [3.63, 3.8) is 0 Å². The number of aromatic hydroxyl groups is 1. The fraction of sp³-hybridized carbons (Fsp3) is 0.600. The molecule has 0 unspecified atom stereocenters. The van der Waals surface area contributed by atoms with Gasteiger partial charge in [0.1, 0.15) is 42.0 Å². The van der Waals surface area contributed by atoms with Gasteiger partial charge < -0.3 is 68.7 Å². The molecule has 1 aromatic carbocycles. The SMILES string of the molecule is CC(C)C[C@H](NC(=O)[C@@H](NC(=O)[C@H](C)NC(=O)[C@H](Cc1ccc(O)cc1)NC(=O)[C@@H](N)CC(=O)O)[C@@H](C)O)C(=O)NCC(=O)N[C@H](C(=O)NCC(=O)N[C@H](C(=O)O)C(C)C)C(C)C. The Morgan fingerprint density at radius 1 is 0.571 bits per heavy atom. The monoisotopic (exact) mass is 893 g/mol. The average Bonchev–Trinajstić information content (AvgIpc) is 3.18. The van der Waals surface area contributed by atoms with Gasteiger partial charge in [-0.2, -0.15) is 0 Å². The first-order valence-electron chi connectivity index (χ1n) is 20.3. The summed E-state index contributed by atoms with van der Waals surface area (Å²) in [4.78, 5) is 127. The fourth-order valence-electron chi connectivity index (χ4n) is 5.73. The van der Waals surface area contributed by atoms with Crippen LogP contribution in [0.2, 0.25) is 0 Å². The maximum Gasteiger partial charge on any atom is 0.326 e. The van der Waals surface area contributed by atoms with Crippen molar-refractivity contribution < 1.29 is 68.4 Å². The minimum Gasteiger partial charge on any atom is -0.508 e. The zero-order valence-electron chi connectivity index (χ0n) is 36.6. The van der Waals surface area contributed by atoms with Crippen molar-refractivity contribution >= 4 is 59.2 Å². The molecule has 0 aliphatic carbocycles. The van der Waals surface area contributed by atoms with Gasteiger partial charge in [0.2, 0.25) is 47.3 Å². The standard InChI is InChI=1S/C40H63N9O14/c1-18(2)13-26(36(58)42-16-28(52)47-31(19(3)4)38(60)43-17-29(53)48-32(20(5)6)40(62)63)46-39(61)33(22(8)50)49-34(56)21(7)44-37(59)27(14-23-9-11-24(51)12-10-23)45-35(57)25(41)15-30(54)55/h9-12,18-22,25-27,31-33,50-51H,13-17,41H2,1-8H3,(H,42,58)(H,43,60)(H,44,59)(H,45,57)(H,46,61)(H,47,52)(H,48,53)(H,49,56)(H,54,55)(H,62,63)/t21-,22+,25-,26-,27-,31-,32-,33-/m0/s1. The number of rotatable bonds is 26. The summed E-state index contributed by atoms with van der Waals surface area (Å²) in [5.41, 5.74) is 6.13. The highest BCUT2D eigenvalue weighted by Gasteiger charge is 2.34. The summed E-state index contributed by atoms with van der Waals surface area (Å²) in [6.07, 6.45) is -2.41. The lowest BCUT2D eigenvalue weighted by Gasteiger charge is -2.27. The quantitative estimate of drug-likeness (QED) is 0.0434. The Morgan fingerprint density at radius 3 is 1.56 bits per heavy atom. The Hall–Kier alpha value is -6.36. The van der Waals surface area contributed by atoms with Crippen LogP contribution in [0.25, 0.3) is 0 Å². The third-order valence-corrected chi connectivity index (χ3v) is 9.26. The molecule has 0 radical (unpaired) electrons. The molecule has 0 aliphatic rings. The van der Waals surface area contributed by atoms with E-state index in [-0.39, 0.29) is 24.5 Å². The number of nitrogens with two attached hydrogens (primary N) is 1. The molecule has 0 saturated heterocycles. The highest BCUT2D eigenvalue weighted by atomic mass is 16.4. The number of aliphatic hydroxyl groups excluding tert-OH is 1. The van der Waals surface area contributed by atoms with E-state index in [2.05, 4.69) is 42.5 Å². The summed E-state index contributed by atoms with van der Waals surface area (Å²) >= 11 is 0. The van der Waals surface area contributed by atoms with Crippen molar-refractivity contribution in [3.8, 4) is 5.75 Å². The lowest BCUT2D eigenvalue weighted by atomic mass is 10.0. The molecule has 0 bridgehead atoms. The lowest BCUT2D eigenvalue weighted by Crippen LogP contribution is -2.61. The summed E-state index contributed by atoms with van der Waals surface area (Å²) in [6, 6.07) is -4.00. The molecule has 8 amide bonds. The topological polar surface area (TPSA) is 374 Å². The third kappa shape index (κ3) is 19.9. The van der Waals surface area contributed by atoms with Gasteiger partial charge >= 0.3 is 11.9 Å². The van der Waals surface area contributed by atoms with Crippen molar-refractivity contribution in [3.05, 3.63) is 29.8 Å². The minimum atomic E-state index is -1.67. The second kappa shape index (κ2) is 26.2. The number of phenolic OH excluding ortho intramolecular Hbond substituents is 1. The first kappa shape index (κ1) is 54.7. The molecular weight excluding hydrogens is 830 g/mol. The van der Waals surface area contributed by atoms with Crippen LogP contribution in [0, 0.1) is 17.8 Å². The molecule has 0 heterocycles. The summed E-state index contributed by atoms with van der Waals surface area (Å²) in [7, 11) is 0. The van der Waals surface area contributed by atoms with E-state index in [1.807, 2.05) is 0 Å². The number of carbonyl (C=O) groups excluding carboxylic acids is 8. The van der Waals surface area contributed by atoms with Crippen LogP contribution < -0.4 is 48.3 Å². The number of nitrogens with one attached hydrogen (secondary N) is 8. The number of hydrogen-bond donors (Lipinski definition) is 13. The van der Waals surface area contributed by atoms with E-state index in [4.69, 9.17) is 10.8 Å². The summed E-state index contributed by atoms with van der Waals surface area (Å²) < 4.78 is 0. The molecule has 63 heavy (non-hydrogen) atoms. The van der Waals surface area contributed by atoms with Gasteiger partial charge in [-0.1, -0.05) is 53.7 Å². The highest BCUT2D eigenvalue weighted by Crippen LogP contribution is 2.12. The second-order valence-electron chi connectivity index (χ2n) is 16.1. The number of aliphatic hydroxyl groups is 1. The average molecular weight is 894 g/mol. The van der Waals surface area contributed by atoms with Crippen molar-refractivity contribution in [2.45, 2.75) is 123 Å². The van der Waals surface area contributed by atoms with Crippen LogP contribution in [0.5, 0.6) is 5.75 Å². The number of carboxylic acid groups (broad SMARTS) is 2. The number of benzene rings is 1. The van der Waals surface area contributed by atoms with Crippen LogP contribution >= 0.6 is 0 Å². The van der Waals surface area contributed by atoms with Gasteiger partial charge in [-0.05, 0) is 55.7 Å². The third-order valence-electron chi connectivity index (χ3n) is 9.26. The molecule has 0 fully saturated rings. The Kier molecular flexibility index (Phi) is 22.7. The van der Waals surface area contributed by atoms with E-state index >= 15 is 0 Å². The number of aliphatic carboxylic acids is 2. The molecule has 0 spiro atoms. The van der Waals surface area contributed by atoms with E-state index < -0.39 is 139 Å². The molecule has 352 valence electrons. The van der Waals surface area contributed by atoms with Crippen LogP contribution in [0.3, 0.4) is 0 Å². The molecule has 8 atom stereocenters. The summed E-state index contributed by atoms with van der Waals surface area (Å²) in [5, 5.41) is 57.5. The number of carbonyl (C=O) groups is 10. The first-order chi connectivity index (χ1) is 29.2. The van der Waals surface area contributed by atoms with E-state index in [0.29, 0.717) is 5.56 Å². The van der Waals surface area contributed by atoms with Crippen molar-refractivity contribution in [2.24, 2.45) is 23.5 Å². The highest BCUT2D eigenvalue weighted by molar-refractivity contribution is 5.97. The molecular formula is C40H63N9O14. The van der Waals surface area contributed by atoms with Gasteiger partial charge in [0.05, 0.1) is 31.7 Å². The van der Waals surface area contributed by atoms with E-state index in [1.165, 1.54) is 38.1 Å². The zero-order chi connectivity index (χ0) is 48.3. The zero-order valence-corrected chi connectivity index (χ0v) is 36.6. The van der Waals surface area contributed by atoms with Crippen LogP contribution in [0.1, 0.15) is 73.8 Å². The van der Waals surface area contributed by atoms with E-state index in [1.54, 1.807) is 41.5 Å². The molecule has 14 N–H and O–H groups in total. The molecule has 1 rings (SSSR count). The van der Waals surface area contributed by atoms with E-state index in [0.717, 1.165) is 0 Å². The predicted octanol–water partition coefficient (Wildman–Crippen LogP) is -3.28. The maximum atomic E-state index is 13.5.